The summed E-state index contributed by atoms with van der Waals surface area (Å²) in [7, 11) is 2.19. The minimum absolute atomic E-state index is 0. The highest BCUT2D eigenvalue weighted by Gasteiger charge is 2.40. The average molecular weight is 320 g/mol. The smallest absolute Gasteiger partial charge is 0.319 e. The number of aliphatic imine (C=N–C) groups is 1. The van der Waals surface area contributed by atoms with Crippen LogP contribution in [0.15, 0.2) is 29.3 Å². The zero-order valence-electron chi connectivity index (χ0n) is 12.6. The van der Waals surface area contributed by atoms with Gasteiger partial charge in [0.15, 0.2) is 0 Å². The van der Waals surface area contributed by atoms with Gasteiger partial charge >= 0.3 is 5.97 Å². The lowest BCUT2D eigenvalue weighted by Crippen LogP contribution is -3.00. The summed E-state index contributed by atoms with van der Waals surface area (Å²) in [6.45, 7) is 0. The third-order valence-corrected chi connectivity index (χ3v) is 5.23. The molecule has 0 saturated carbocycles. The van der Waals surface area contributed by atoms with Gasteiger partial charge in [-0.15, -0.1) is 0 Å². The molecule has 22 heavy (non-hydrogen) atoms. The van der Waals surface area contributed by atoms with Crippen molar-refractivity contribution < 1.29 is 21.9 Å². The normalized spacial score (nSPS) is 32.4. The maximum atomic E-state index is 12.5. The molecule has 0 spiro atoms. The van der Waals surface area contributed by atoms with Gasteiger partial charge in [0.2, 0.25) is 0 Å². The Hall–Kier alpha value is -1.39. The van der Waals surface area contributed by atoms with Gasteiger partial charge in [0.1, 0.15) is 12.0 Å². The van der Waals surface area contributed by atoms with Gasteiger partial charge in [-0.1, -0.05) is 18.2 Å². The number of hydrogen-bond donors (Lipinski definition) is 0. The van der Waals surface area contributed by atoms with Crippen LogP contribution in [0.4, 0.5) is 5.69 Å². The van der Waals surface area contributed by atoms with Crippen molar-refractivity contribution in [3.8, 4) is 0 Å². The Kier molecular flexibility index (Phi) is 4.24. The average Bonchev–Trinajstić information content (AvgIpc) is 2.98. The summed E-state index contributed by atoms with van der Waals surface area (Å²) in [5.74, 6) is -0.462. The van der Waals surface area contributed by atoms with Crippen LogP contribution >= 0.6 is 0 Å². The first-order valence-electron chi connectivity index (χ1n) is 7.78. The monoisotopic (exact) mass is 319 g/mol. The molecule has 0 N–H and O–H groups in total. The minimum atomic E-state index is -0.321. The van der Waals surface area contributed by atoms with Crippen LogP contribution in [0.25, 0.3) is 0 Å². The van der Waals surface area contributed by atoms with Gasteiger partial charge in [0, 0.05) is 18.3 Å². The summed E-state index contributed by atoms with van der Waals surface area (Å²) >= 11 is 0. The lowest BCUT2D eigenvalue weighted by Gasteiger charge is -2.36. The Morgan fingerprint density at radius 2 is 1.91 bits per heavy atom. The van der Waals surface area contributed by atoms with E-state index >= 15 is 0 Å². The molecular formula is C17H20ClN2O2-. The van der Waals surface area contributed by atoms with E-state index in [1.165, 1.54) is 12.8 Å². The summed E-state index contributed by atoms with van der Waals surface area (Å²) in [5, 5.41) is 0. The fourth-order valence-electron chi connectivity index (χ4n) is 3.99. The van der Waals surface area contributed by atoms with Crippen LogP contribution in [-0.2, 0) is 9.53 Å². The van der Waals surface area contributed by atoms with E-state index in [1.54, 1.807) is 6.21 Å². The first kappa shape index (κ1) is 15.5. The summed E-state index contributed by atoms with van der Waals surface area (Å²) in [4.78, 5) is 19.2. The highest BCUT2D eigenvalue weighted by molar-refractivity contribution is 6.01. The van der Waals surface area contributed by atoms with E-state index in [0.717, 1.165) is 24.1 Å². The van der Waals surface area contributed by atoms with Gasteiger partial charge in [-0.3, -0.25) is 9.79 Å². The van der Waals surface area contributed by atoms with Crippen LogP contribution in [-0.4, -0.2) is 42.3 Å². The van der Waals surface area contributed by atoms with Crippen molar-refractivity contribution in [2.24, 2.45) is 4.99 Å². The molecule has 0 aliphatic carbocycles. The number of piperidine rings is 1. The van der Waals surface area contributed by atoms with Crippen molar-refractivity contribution in [2.75, 3.05) is 7.05 Å². The van der Waals surface area contributed by atoms with Gasteiger partial charge in [-0.2, -0.15) is 0 Å². The van der Waals surface area contributed by atoms with Gasteiger partial charge < -0.3 is 22.0 Å². The van der Waals surface area contributed by atoms with Gasteiger partial charge in [0.05, 0.1) is 5.69 Å². The molecule has 4 nitrogen and oxygen atoms in total. The van der Waals surface area contributed by atoms with Gasteiger partial charge in [-0.25, -0.2) is 0 Å². The fraction of sp³-hybridized carbons (Fsp3) is 0.529. The number of carbonyl (C=O) groups is 1. The maximum absolute atomic E-state index is 12.5. The second kappa shape index (κ2) is 6.01. The summed E-state index contributed by atoms with van der Waals surface area (Å²) in [6.07, 6.45) is 6.23. The topological polar surface area (TPSA) is 41.9 Å². The Morgan fingerprint density at radius 1 is 1.23 bits per heavy atom. The molecule has 0 radical (unpaired) electrons. The molecule has 0 amide bonds. The molecule has 1 aromatic rings. The van der Waals surface area contributed by atoms with Crippen LogP contribution in [0, 0.1) is 0 Å². The zero-order chi connectivity index (χ0) is 14.4. The fourth-order valence-corrected chi connectivity index (χ4v) is 3.99. The Balaban J connectivity index is 0.00000144. The van der Waals surface area contributed by atoms with Gasteiger partial charge in [0.25, 0.3) is 0 Å². The number of ether oxygens (including phenoxy) is 1. The Bertz CT molecular complexity index is 590. The molecule has 3 heterocycles. The molecule has 4 atom stereocenters. The van der Waals surface area contributed by atoms with Crippen molar-refractivity contribution in [1.82, 2.24) is 4.90 Å². The van der Waals surface area contributed by atoms with Crippen LogP contribution in [0.2, 0.25) is 0 Å². The van der Waals surface area contributed by atoms with E-state index in [2.05, 4.69) is 16.9 Å². The van der Waals surface area contributed by atoms with Crippen molar-refractivity contribution in [3.05, 3.63) is 29.8 Å². The van der Waals surface area contributed by atoms with Crippen molar-refractivity contribution >= 4 is 17.9 Å². The third kappa shape index (κ3) is 2.55. The largest absolute Gasteiger partial charge is 1.00 e. The Morgan fingerprint density at radius 3 is 2.64 bits per heavy atom. The molecule has 3 aliphatic heterocycles. The number of para-hydroxylation sites is 1. The van der Waals surface area contributed by atoms with E-state index in [1.807, 2.05) is 24.3 Å². The number of fused-ring (bicyclic) bond motifs is 3. The molecule has 3 aliphatic rings. The highest BCUT2D eigenvalue weighted by atomic mass is 35.5. The third-order valence-electron chi connectivity index (χ3n) is 5.23. The molecule has 0 aromatic heterocycles. The second-order valence-corrected chi connectivity index (χ2v) is 6.40. The van der Waals surface area contributed by atoms with E-state index in [-0.39, 0.29) is 30.4 Å². The van der Waals surface area contributed by atoms with Crippen LogP contribution in [0.1, 0.15) is 37.2 Å². The molecule has 2 unspecified atom stereocenters. The van der Waals surface area contributed by atoms with Crippen LogP contribution < -0.4 is 12.4 Å². The lowest BCUT2D eigenvalue weighted by atomic mass is 9.99. The molecule has 118 valence electrons. The number of carbonyl (C=O) groups excluding carboxylic acids is 1. The van der Waals surface area contributed by atoms with Gasteiger partial charge in [-0.05, 0) is 44.4 Å². The molecule has 2 saturated heterocycles. The predicted molar refractivity (Wildman–Crippen MR) is 81.0 cm³/mol. The summed E-state index contributed by atoms with van der Waals surface area (Å²) in [6, 6.07) is 8.97. The van der Waals surface area contributed by atoms with E-state index in [4.69, 9.17) is 4.74 Å². The number of esters is 1. The van der Waals surface area contributed by atoms with Crippen molar-refractivity contribution in [1.29, 1.82) is 0 Å². The molecule has 2 bridgehead atoms. The van der Waals surface area contributed by atoms with E-state index in [0.29, 0.717) is 12.1 Å². The SMILES string of the molecule is CN1[C@@H]2CC[C@H]1CC(OC(=O)C1C=Nc3ccccc31)C2.[Cl-]. The quantitative estimate of drug-likeness (QED) is 0.700. The number of nitrogens with zero attached hydrogens (tertiary/aromatic N) is 2. The minimum Gasteiger partial charge on any atom is -1.00 e. The molecule has 2 fully saturated rings. The van der Waals surface area contributed by atoms with Crippen LogP contribution in [0.3, 0.4) is 0 Å². The van der Waals surface area contributed by atoms with Crippen LogP contribution in [0.5, 0.6) is 0 Å². The molecule has 5 heteroatoms. The number of halogens is 1. The summed E-state index contributed by atoms with van der Waals surface area (Å²) in [5.41, 5.74) is 1.86. The predicted octanol–water partition coefficient (Wildman–Crippen LogP) is -0.341. The first-order chi connectivity index (χ1) is 10.2. The van der Waals surface area contributed by atoms with Crippen molar-refractivity contribution in [2.45, 2.75) is 49.8 Å². The standard InChI is InChI=1S/C17H20N2O2.ClH/c1-19-11-6-7-12(19)9-13(8-11)21-17(20)15-10-18-16-5-3-2-4-14(15)16;/h2-5,10-13,15H,6-9H2,1H3;1H/p-1/t11-,12+,13?,15?;. The molecule has 4 rings (SSSR count). The molecule has 1 aromatic carbocycles. The maximum Gasteiger partial charge on any atom is 0.319 e. The number of hydrogen-bond acceptors (Lipinski definition) is 4. The zero-order valence-corrected chi connectivity index (χ0v) is 13.4. The molecular weight excluding hydrogens is 300 g/mol. The Labute approximate surface area is 137 Å². The van der Waals surface area contributed by atoms with E-state index in [9.17, 15) is 4.79 Å². The number of rotatable bonds is 2. The highest BCUT2D eigenvalue weighted by Crippen LogP contribution is 2.37. The number of benzene rings is 1. The first-order valence-corrected chi connectivity index (χ1v) is 7.78. The van der Waals surface area contributed by atoms with Crippen molar-refractivity contribution in [3.63, 3.8) is 0 Å². The summed E-state index contributed by atoms with van der Waals surface area (Å²) < 4.78 is 5.80. The second-order valence-electron chi connectivity index (χ2n) is 6.40. The lowest BCUT2D eigenvalue weighted by molar-refractivity contribution is -0.152. The van der Waals surface area contributed by atoms with E-state index < -0.39 is 0 Å².